The third-order valence-corrected chi connectivity index (χ3v) is 3.81. The Morgan fingerprint density at radius 1 is 1.25 bits per heavy atom. The molecule has 0 amide bonds. The highest BCUT2D eigenvalue weighted by molar-refractivity contribution is 5.83. The van der Waals surface area contributed by atoms with Gasteiger partial charge in [0.1, 0.15) is 5.78 Å². The molecule has 1 aliphatic heterocycles. The summed E-state index contributed by atoms with van der Waals surface area (Å²) in [5.41, 5.74) is 1.24. The molecule has 3 rings (SSSR count). The SMILES string of the molecule is CC1CN(c2ccn(Cc3ccccc3)n2)CCC1=O. The van der Waals surface area contributed by atoms with E-state index in [4.69, 9.17) is 0 Å². The van der Waals surface area contributed by atoms with Crippen molar-refractivity contribution in [2.45, 2.75) is 19.9 Å². The molecule has 4 nitrogen and oxygen atoms in total. The Bertz CT molecular complexity index is 591. The van der Waals surface area contributed by atoms with Crippen molar-refractivity contribution in [3.63, 3.8) is 0 Å². The van der Waals surface area contributed by atoms with Gasteiger partial charge in [-0.3, -0.25) is 9.48 Å². The quantitative estimate of drug-likeness (QED) is 0.858. The summed E-state index contributed by atoms with van der Waals surface area (Å²) in [7, 11) is 0. The highest BCUT2D eigenvalue weighted by Crippen LogP contribution is 2.19. The van der Waals surface area contributed by atoms with Gasteiger partial charge < -0.3 is 4.90 Å². The number of Topliss-reactive ketones (excluding diaryl/α,β-unsaturated/α-hetero) is 1. The first-order chi connectivity index (χ1) is 9.72. The Kier molecular flexibility index (Phi) is 3.54. The van der Waals surface area contributed by atoms with Gasteiger partial charge >= 0.3 is 0 Å². The average Bonchev–Trinajstić information content (AvgIpc) is 2.91. The van der Waals surface area contributed by atoms with E-state index < -0.39 is 0 Å². The molecular weight excluding hydrogens is 250 g/mol. The molecule has 1 aromatic carbocycles. The van der Waals surface area contributed by atoms with Crippen molar-refractivity contribution in [1.82, 2.24) is 9.78 Å². The number of rotatable bonds is 3. The van der Waals surface area contributed by atoms with Gasteiger partial charge in [0.25, 0.3) is 0 Å². The van der Waals surface area contributed by atoms with Gasteiger partial charge in [0, 0.05) is 37.7 Å². The van der Waals surface area contributed by atoms with E-state index in [1.807, 2.05) is 42.1 Å². The summed E-state index contributed by atoms with van der Waals surface area (Å²) in [6, 6.07) is 12.3. The third kappa shape index (κ3) is 2.74. The summed E-state index contributed by atoms with van der Waals surface area (Å²) in [6.45, 7) is 4.34. The van der Waals surface area contributed by atoms with Crippen LogP contribution >= 0.6 is 0 Å². The van der Waals surface area contributed by atoms with Gasteiger partial charge in [-0.2, -0.15) is 5.10 Å². The van der Waals surface area contributed by atoms with E-state index in [1.165, 1.54) is 5.56 Å². The number of nitrogens with zero attached hydrogens (tertiary/aromatic N) is 3. The van der Waals surface area contributed by atoms with Crippen molar-refractivity contribution in [3.05, 3.63) is 48.2 Å². The summed E-state index contributed by atoms with van der Waals surface area (Å²) in [6.07, 6.45) is 2.64. The van der Waals surface area contributed by atoms with Gasteiger partial charge in [0.05, 0.1) is 6.54 Å². The number of aromatic nitrogens is 2. The Hall–Kier alpha value is -2.10. The van der Waals surface area contributed by atoms with Gasteiger partial charge in [-0.25, -0.2) is 0 Å². The highest BCUT2D eigenvalue weighted by Gasteiger charge is 2.24. The van der Waals surface area contributed by atoms with E-state index in [0.717, 1.165) is 25.5 Å². The number of hydrogen-bond acceptors (Lipinski definition) is 3. The van der Waals surface area contributed by atoms with Crippen LogP contribution in [0, 0.1) is 5.92 Å². The average molecular weight is 269 g/mol. The molecule has 0 radical (unpaired) electrons. The number of piperidine rings is 1. The zero-order valence-corrected chi connectivity index (χ0v) is 11.7. The second kappa shape index (κ2) is 5.49. The van der Waals surface area contributed by atoms with E-state index in [0.29, 0.717) is 12.2 Å². The fourth-order valence-electron chi connectivity index (χ4n) is 2.60. The van der Waals surface area contributed by atoms with Crippen LogP contribution in [0.2, 0.25) is 0 Å². The number of carbonyl (C=O) groups is 1. The number of hydrogen-bond donors (Lipinski definition) is 0. The summed E-state index contributed by atoms with van der Waals surface area (Å²) in [4.78, 5) is 13.8. The monoisotopic (exact) mass is 269 g/mol. The van der Waals surface area contributed by atoms with E-state index >= 15 is 0 Å². The summed E-state index contributed by atoms with van der Waals surface area (Å²) < 4.78 is 1.95. The molecule has 0 aliphatic carbocycles. The molecule has 0 saturated carbocycles. The number of anilines is 1. The van der Waals surface area contributed by atoms with Crippen molar-refractivity contribution in [2.24, 2.45) is 5.92 Å². The van der Waals surface area contributed by atoms with Crippen molar-refractivity contribution < 1.29 is 4.79 Å². The van der Waals surface area contributed by atoms with Crippen molar-refractivity contribution in [3.8, 4) is 0 Å². The molecule has 1 aliphatic rings. The predicted octanol–water partition coefficient (Wildman–Crippen LogP) is 2.35. The standard InChI is InChI=1S/C16H19N3O/c1-13-11-18(9-7-15(13)20)16-8-10-19(17-16)12-14-5-3-2-4-6-14/h2-6,8,10,13H,7,9,11-12H2,1H3. The largest absolute Gasteiger partial charge is 0.354 e. The van der Waals surface area contributed by atoms with Crippen LogP contribution in [0.3, 0.4) is 0 Å². The Morgan fingerprint density at radius 2 is 2.05 bits per heavy atom. The van der Waals surface area contributed by atoms with Crippen LogP contribution in [0.5, 0.6) is 0 Å². The predicted molar refractivity (Wildman–Crippen MR) is 78.8 cm³/mol. The fraction of sp³-hybridized carbons (Fsp3) is 0.375. The van der Waals surface area contributed by atoms with Crippen LogP contribution in [-0.4, -0.2) is 28.7 Å². The fourth-order valence-corrected chi connectivity index (χ4v) is 2.60. The maximum absolute atomic E-state index is 11.6. The maximum atomic E-state index is 11.6. The molecule has 1 atom stereocenters. The molecular formula is C16H19N3O. The molecule has 1 aromatic heterocycles. The normalized spacial score (nSPS) is 19.4. The van der Waals surface area contributed by atoms with Crippen LogP contribution < -0.4 is 4.90 Å². The highest BCUT2D eigenvalue weighted by atomic mass is 16.1. The second-order valence-corrected chi connectivity index (χ2v) is 5.42. The molecule has 2 aromatic rings. The minimum atomic E-state index is 0.114. The zero-order valence-electron chi connectivity index (χ0n) is 11.7. The summed E-state index contributed by atoms with van der Waals surface area (Å²) in [5, 5.41) is 4.62. The van der Waals surface area contributed by atoms with Crippen LogP contribution in [0.1, 0.15) is 18.9 Å². The third-order valence-electron chi connectivity index (χ3n) is 3.81. The van der Waals surface area contributed by atoms with Gasteiger partial charge in [-0.05, 0) is 5.56 Å². The topological polar surface area (TPSA) is 38.1 Å². The van der Waals surface area contributed by atoms with Gasteiger partial charge in [0.2, 0.25) is 0 Å². The molecule has 0 spiro atoms. The molecule has 1 saturated heterocycles. The molecule has 2 heterocycles. The number of ketones is 1. The first kappa shape index (κ1) is 12.9. The molecule has 104 valence electrons. The maximum Gasteiger partial charge on any atom is 0.150 e. The van der Waals surface area contributed by atoms with E-state index in [9.17, 15) is 4.79 Å². The van der Waals surface area contributed by atoms with Crippen LogP contribution in [-0.2, 0) is 11.3 Å². The molecule has 1 unspecified atom stereocenters. The summed E-state index contributed by atoms with van der Waals surface area (Å²) in [5.74, 6) is 1.45. The number of carbonyl (C=O) groups excluding carboxylic acids is 1. The second-order valence-electron chi connectivity index (χ2n) is 5.42. The van der Waals surface area contributed by atoms with E-state index in [2.05, 4.69) is 22.1 Å². The van der Waals surface area contributed by atoms with Crippen LogP contribution in [0.15, 0.2) is 42.6 Å². The summed E-state index contributed by atoms with van der Waals surface area (Å²) >= 11 is 0. The van der Waals surface area contributed by atoms with Crippen LogP contribution in [0.4, 0.5) is 5.82 Å². The lowest BCUT2D eigenvalue weighted by molar-refractivity contribution is -0.122. The lowest BCUT2D eigenvalue weighted by Gasteiger charge is -2.29. The van der Waals surface area contributed by atoms with E-state index in [1.54, 1.807) is 0 Å². The molecule has 0 N–H and O–H groups in total. The van der Waals surface area contributed by atoms with Gasteiger partial charge in [-0.1, -0.05) is 37.3 Å². The van der Waals surface area contributed by atoms with Crippen molar-refractivity contribution in [1.29, 1.82) is 0 Å². The first-order valence-electron chi connectivity index (χ1n) is 7.07. The van der Waals surface area contributed by atoms with Crippen molar-refractivity contribution >= 4 is 11.6 Å². The van der Waals surface area contributed by atoms with Gasteiger partial charge in [-0.15, -0.1) is 0 Å². The molecule has 4 heteroatoms. The Morgan fingerprint density at radius 3 is 2.80 bits per heavy atom. The Labute approximate surface area is 119 Å². The van der Waals surface area contributed by atoms with Gasteiger partial charge in [0.15, 0.2) is 5.82 Å². The molecule has 0 bridgehead atoms. The lowest BCUT2D eigenvalue weighted by atomic mass is 9.99. The molecule has 1 fully saturated rings. The minimum absolute atomic E-state index is 0.114. The lowest BCUT2D eigenvalue weighted by Crippen LogP contribution is -2.39. The zero-order chi connectivity index (χ0) is 13.9. The smallest absolute Gasteiger partial charge is 0.150 e. The molecule has 20 heavy (non-hydrogen) atoms. The first-order valence-corrected chi connectivity index (χ1v) is 7.07. The van der Waals surface area contributed by atoms with E-state index in [-0.39, 0.29) is 5.92 Å². The number of benzene rings is 1. The van der Waals surface area contributed by atoms with Crippen molar-refractivity contribution in [2.75, 3.05) is 18.0 Å². The van der Waals surface area contributed by atoms with Crippen LogP contribution in [0.25, 0.3) is 0 Å². The minimum Gasteiger partial charge on any atom is -0.354 e. The Balaban J connectivity index is 1.69.